The minimum absolute atomic E-state index is 0.469. The Kier molecular flexibility index (Phi) is 3.56. The Morgan fingerprint density at radius 1 is 1.42 bits per heavy atom. The van der Waals surface area contributed by atoms with Crippen LogP contribution < -0.4 is 0 Å². The van der Waals surface area contributed by atoms with Gasteiger partial charge in [0.1, 0.15) is 4.83 Å². The van der Waals surface area contributed by atoms with Gasteiger partial charge in [0, 0.05) is 5.02 Å². The molecule has 0 unspecified atom stereocenters. The highest BCUT2D eigenvalue weighted by Crippen LogP contribution is 2.30. The van der Waals surface area contributed by atoms with Crippen LogP contribution in [0.3, 0.4) is 0 Å². The summed E-state index contributed by atoms with van der Waals surface area (Å²) in [7, 11) is 0. The molecule has 0 amide bonds. The van der Waals surface area contributed by atoms with Gasteiger partial charge in [0.05, 0.1) is 0 Å². The number of hydrogen-bond donors (Lipinski definition) is 0. The molecule has 1 nitrogen and oxygen atoms in total. The molecule has 0 radical (unpaired) electrons. The molecule has 0 heterocycles. The van der Waals surface area contributed by atoms with Gasteiger partial charge in [-0.25, -0.2) is 0 Å². The molecule has 0 aliphatic carbocycles. The summed E-state index contributed by atoms with van der Waals surface area (Å²) in [6.07, 6.45) is 0. The molecule has 1 aromatic carbocycles. The molecule has 0 N–H and O–H groups in total. The van der Waals surface area contributed by atoms with Gasteiger partial charge in [-0.2, -0.15) is 0 Å². The van der Waals surface area contributed by atoms with E-state index in [1.165, 1.54) is 0 Å². The van der Waals surface area contributed by atoms with Gasteiger partial charge in [-0.05, 0) is 23.2 Å². The molecule has 1 aromatic rings. The molecule has 0 saturated heterocycles. The van der Waals surface area contributed by atoms with Gasteiger partial charge in [0.15, 0.2) is 0 Å². The minimum Gasteiger partial charge on any atom is -0.280 e. The summed E-state index contributed by atoms with van der Waals surface area (Å²) in [6, 6.07) is 7.06. The number of hydrogen-bond acceptors (Lipinski definition) is 1. The molecule has 1 rings (SSSR count). The second kappa shape index (κ2) is 4.26. The first-order valence-electron chi connectivity index (χ1n) is 3.21. The normalized spacial score (nSPS) is 12.6. The molecule has 0 bridgehead atoms. The zero-order chi connectivity index (χ0) is 9.14. The smallest absolute Gasteiger partial charge is 0.239 e. The first kappa shape index (κ1) is 10.0. The van der Waals surface area contributed by atoms with Crippen LogP contribution in [-0.4, -0.2) is 5.24 Å². The van der Waals surface area contributed by atoms with Gasteiger partial charge in [0.2, 0.25) is 5.24 Å². The fourth-order valence-corrected chi connectivity index (χ4v) is 1.70. The predicted octanol–water partition coefficient (Wildman–Crippen LogP) is 3.54. The van der Waals surface area contributed by atoms with E-state index < -0.39 is 10.1 Å². The second-order valence-corrected chi connectivity index (χ2v) is 3.88. The zero-order valence-corrected chi connectivity index (χ0v) is 9.03. The number of rotatable bonds is 2. The van der Waals surface area contributed by atoms with Crippen molar-refractivity contribution in [3.63, 3.8) is 0 Å². The largest absolute Gasteiger partial charge is 0.280 e. The van der Waals surface area contributed by atoms with Crippen LogP contribution >= 0.6 is 39.1 Å². The van der Waals surface area contributed by atoms with E-state index in [4.69, 9.17) is 23.2 Å². The third-order valence-electron chi connectivity index (χ3n) is 1.38. The van der Waals surface area contributed by atoms with Crippen molar-refractivity contribution < 1.29 is 4.79 Å². The fourth-order valence-electron chi connectivity index (χ4n) is 0.803. The van der Waals surface area contributed by atoms with Crippen molar-refractivity contribution in [3.8, 4) is 0 Å². The lowest BCUT2D eigenvalue weighted by molar-refractivity contribution is -0.111. The number of alkyl halides is 1. The summed E-state index contributed by atoms with van der Waals surface area (Å²) in [5, 5.41) is 0.0662. The SMILES string of the molecule is O=C(Cl)[C@@H](Br)c1ccccc1Cl. The molecule has 0 fully saturated rings. The van der Waals surface area contributed by atoms with E-state index in [1.54, 1.807) is 24.3 Å². The molecule has 1 atom stereocenters. The summed E-state index contributed by atoms with van der Waals surface area (Å²) in [5.74, 6) is 0. The summed E-state index contributed by atoms with van der Waals surface area (Å²) >= 11 is 14.2. The Morgan fingerprint density at radius 2 is 2.00 bits per heavy atom. The van der Waals surface area contributed by atoms with Gasteiger partial charge in [-0.1, -0.05) is 45.7 Å². The first-order chi connectivity index (χ1) is 5.63. The monoisotopic (exact) mass is 266 g/mol. The maximum atomic E-state index is 10.8. The molecule has 0 aliphatic heterocycles. The van der Waals surface area contributed by atoms with Crippen molar-refractivity contribution in [2.24, 2.45) is 0 Å². The standard InChI is InChI=1S/C8H5BrCl2O/c9-7(8(11)12)5-3-1-2-4-6(5)10/h1-4,7H/t7-/m0/s1. The molecule has 64 valence electrons. The van der Waals surface area contributed by atoms with Crippen LogP contribution in [0.25, 0.3) is 0 Å². The highest BCUT2D eigenvalue weighted by atomic mass is 79.9. The Bertz CT molecular complexity index is 301. The fraction of sp³-hybridized carbons (Fsp3) is 0.125. The summed E-state index contributed by atoms with van der Waals surface area (Å²) in [6.45, 7) is 0. The van der Waals surface area contributed by atoms with Gasteiger partial charge < -0.3 is 0 Å². The Morgan fingerprint density at radius 3 is 2.50 bits per heavy atom. The Balaban J connectivity index is 3.02. The van der Waals surface area contributed by atoms with Crippen LogP contribution in [0.1, 0.15) is 10.4 Å². The van der Waals surface area contributed by atoms with E-state index >= 15 is 0 Å². The molecule has 0 spiro atoms. The lowest BCUT2D eigenvalue weighted by atomic mass is 10.2. The Hall–Kier alpha value is -0.0500. The quantitative estimate of drug-likeness (QED) is 0.592. The van der Waals surface area contributed by atoms with Crippen LogP contribution in [0.2, 0.25) is 5.02 Å². The number of carbonyl (C=O) groups excluding carboxylic acids is 1. The average molecular weight is 268 g/mol. The minimum atomic E-state index is -0.520. The van der Waals surface area contributed by atoms with Crippen LogP contribution in [0.15, 0.2) is 24.3 Å². The van der Waals surface area contributed by atoms with Crippen molar-refractivity contribution in [3.05, 3.63) is 34.9 Å². The van der Waals surface area contributed by atoms with Gasteiger partial charge in [0.25, 0.3) is 0 Å². The first-order valence-corrected chi connectivity index (χ1v) is 4.88. The van der Waals surface area contributed by atoms with E-state index in [0.29, 0.717) is 10.6 Å². The molecule has 0 aliphatic rings. The molecule has 4 heteroatoms. The summed E-state index contributed by atoms with van der Waals surface area (Å²) in [5.41, 5.74) is 0.694. The summed E-state index contributed by atoms with van der Waals surface area (Å²) < 4.78 is 0. The molecule has 0 aromatic heterocycles. The van der Waals surface area contributed by atoms with Crippen LogP contribution in [0, 0.1) is 0 Å². The van der Waals surface area contributed by atoms with Crippen molar-refractivity contribution in [1.29, 1.82) is 0 Å². The molecule has 0 saturated carbocycles. The number of benzene rings is 1. The van der Waals surface area contributed by atoms with Crippen molar-refractivity contribution in [2.45, 2.75) is 4.83 Å². The second-order valence-electron chi connectivity index (χ2n) is 2.19. The van der Waals surface area contributed by atoms with Crippen molar-refractivity contribution >= 4 is 44.4 Å². The number of carbonyl (C=O) groups is 1. The van der Waals surface area contributed by atoms with Gasteiger partial charge in [-0.3, -0.25) is 4.79 Å². The molecular formula is C8H5BrCl2O. The van der Waals surface area contributed by atoms with Crippen molar-refractivity contribution in [1.82, 2.24) is 0 Å². The Labute approximate surface area is 88.8 Å². The van der Waals surface area contributed by atoms with E-state index in [1.807, 2.05) is 0 Å². The van der Waals surface area contributed by atoms with Crippen molar-refractivity contribution in [2.75, 3.05) is 0 Å². The van der Waals surface area contributed by atoms with E-state index in [9.17, 15) is 4.79 Å². The van der Waals surface area contributed by atoms with Gasteiger partial charge in [-0.15, -0.1) is 0 Å². The highest BCUT2D eigenvalue weighted by Gasteiger charge is 2.16. The summed E-state index contributed by atoms with van der Waals surface area (Å²) in [4.78, 5) is 10.2. The van der Waals surface area contributed by atoms with Crippen LogP contribution in [-0.2, 0) is 4.79 Å². The highest BCUT2D eigenvalue weighted by molar-refractivity contribution is 9.09. The third kappa shape index (κ3) is 2.22. The topological polar surface area (TPSA) is 17.1 Å². The van der Waals surface area contributed by atoms with Crippen LogP contribution in [0.5, 0.6) is 0 Å². The van der Waals surface area contributed by atoms with Crippen LogP contribution in [0.4, 0.5) is 0 Å². The van der Waals surface area contributed by atoms with Gasteiger partial charge >= 0.3 is 0 Å². The maximum absolute atomic E-state index is 10.8. The lowest BCUT2D eigenvalue weighted by Gasteiger charge is -2.05. The van der Waals surface area contributed by atoms with E-state index in [0.717, 1.165) is 0 Å². The molecule has 12 heavy (non-hydrogen) atoms. The zero-order valence-electron chi connectivity index (χ0n) is 5.93. The third-order valence-corrected chi connectivity index (χ3v) is 3.11. The lowest BCUT2D eigenvalue weighted by Crippen LogP contribution is -1.98. The number of halogens is 3. The van der Waals surface area contributed by atoms with E-state index in [2.05, 4.69) is 15.9 Å². The average Bonchev–Trinajstić information content (AvgIpc) is 2.04. The van der Waals surface area contributed by atoms with E-state index in [-0.39, 0.29) is 0 Å². The molecular weight excluding hydrogens is 263 g/mol. The maximum Gasteiger partial charge on any atom is 0.239 e. The predicted molar refractivity (Wildman–Crippen MR) is 54.0 cm³/mol.